The van der Waals surface area contributed by atoms with E-state index in [1.807, 2.05) is 54.6 Å². The summed E-state index contributed by atoms with van der Waals surface area (Å²) in [4.78, 5) is 4.23. The Morgan fingerprint density at radius 2 is 1.75 bits per heavy atom. The number of benzene rings is 2. The quantitative estimate of drug-likeness (QED) is 0.714. The van der Waals surface area contributed by atoms with E-state index >= 15 is 0 Å². The summed E-state index contributed by atoms with van der Waals surface area (Å²) in [5.41, 5.74) is 1.56. The molecule has 0 fully saturated rings. The molecule has 0 aliphatic carbocycles. The van der Waals surface area contributed by atoms with E-state index in [1.54, 1.807) is 7.11 Å². The van der Waals surface area contributed by atoms with E-state index in [0.717, 1.165) is 17.0 Å². The third-order valence-corrected chi connectivity index (χ3v) is 2.16. The molecule has 0 radical (unpaired) electrons. The molecule has 2 aromatic carbocycles. The normalized spacial score (nSPS) is 12.1. The molecular weight excluding hydrogens is 198 g/mol. The first-order chi connectivity index (χ1) is 8.29. The summed E-state index contributed by atoms with van der Waals surface area (Å²) in [5.74, 6) is 0.787. The van der Waals surface area contributed by atoms with Crippen LogP contribution in [0.25, 0.3) is 0 Å². The van der Waals surface area contributed by atoms with Gasteiger partial charge in [-0.3, -0.25) is 4.99 Å². The molecule has 0 atom stereocenters. The van der Waals surface area contributed by atoms with Crippen LogP contribution < -0.4 is 4.74 Å². The van der Waals surface area contributed by atoms with Gasteiger partial charge in [-0.1, -0.05) is 30.3 Å². The molecule has 2 nitrogen and oxygen atoms in total. The summed E-state index contributed by atoms with van der Waals surface area (Å²) < 4.78 is 12.9. The summed E-state index contributed by atoms with van der Waals surface area (Å²) in [7, 11) is 1.62. The molecule has 0 heterocycles. The van der Waals surface area contributed by atoms with Gasteiger partial charge in [-0.2, -0.15) is 0 Å². The molecule has 2 rings (SSSR count). The molecule has 0 bridgehead atoms. The van der Waals surface area contributed by atoms with Crippen LogP contribution in [0.1, 0.15) is 6.93 Å². The van der Waals surface area contributed by atoms with Gasteiger partial charge in [-0.15, -0.1) is 0 Å². The molecule has 0 aliphatic rings. The highest BCUT2D eigenvalue weighted by Crippen LogP contribution is 2.17. The summed E-state index contributed by atoms with van der Waals surface area (Å²) in [6, 6.07) is 16.8. The standard InChI is InChI=1S/C14H13NO/c1-16-14-9-7-13(8-10-14)15-11-12-5-3-2-4-6-12/h2-11H,1H3/i11D. The zero-order valence-electron chi connectivity index (χ0n) is 10.1. The van der Waals surface area contributed by atoms with Crippen molar-refractivity contribution in [1.29, 1.82) is 0 Å². The Kier molecular flexibility index (Phi) is 2.93. The minimum atomic E-state index is 0.260. The van der Waals surface area contributed by atoms with Crippen LogP contribution in [0.2, 0.25) is 0 Å². The van der Waals surface area contributed by atoms with Gasteiger partial charge in [-0.05, 0) is 29.8 Å². The topological polar surface area (TPSA) is 21.6 Å². The van der Waals surface area contributed by atoms with Crippen molar-refractivity contribution < 1.29 is 6.11 Å². The van der Waals surface area contributed by atoms with E-state index < -0.39 is 0 Å². The highest BCUT2D eigenvalue weighted by atomic mass is 16.5. The average molecular weight is 212 g/mol. The monoisotopic (exact) mass is 212 g/mol. The molecule has 2 heteroatoms. The molecule has 0 saturated heterocycles. The van der Waals surface area contributed by atoms with Crippen LogP contribution >= 0.6 is 0 Å². The second-order valence-electron chi connectivity index (χ2n) is 3.29. The van der Waals surface area contributed by atoms with E-state index in [1.165, 1.54) is 0 Å². The highest BCUT2D eigenvalue weighted by molar-refractivity contribution is 5.81. The second-order valence-corrected chi connectivity index (χ2v) is 3.29. The maximum atomic E-state index is 7.87. The lowest BCUT2D eigenvalue weighted by Gasteiger charge is -1.98. The Balaban J connectivity index is 2.23. The van der Waals surface area contributed by atoms with Gasteiger partial charge in [0.2, 0.25) is 0 Å². The third kappa shape index (κ3) is 2.70. The minimum absolute atomic E-state index is 0.260. The summed E-state index contributed by atoms with van der Waals surface area (Å²) in [5, 5.41) is 0. The molecule has 0 aliphatic heterocycles. The molecule has 2 aromatic rings. The molecular formula is C14H13NO. The fraction of sp³-hybridized carbons (Fsp3) is 0.0714. The van der Waals surface area contributed by atoms with Crippen molar-refractivity contribution in [1.82, 2.24) is 0 Å². The Hall–Kier alpha value is -2.09. The van der Waals surface area contributed by atoms with Gasteiger partial charge in [-0.25, -0.2) is 0 Å². The van der Waals surface area contributed by atoms with Crippen molar-refractivity contribution in [3.05, 3.63) is 60.2 Å². The van der Waals surface area contributed by atoms with Crippen LogP contribution in [0, 0.1) is 0 Å². The van der Waals surface area contributed by atoms with E-state index in [-0.39, 0.29) is 6.19 Å². The number of rotatable bonds is 3. The van der Waals surface area contributed by atoms with E-state index in [2.05, 4.69) is 4.99 Å². The maximum absolute atomic E-state index is 7.87. The van der Waals surface area contributed by atoms with Crippen LogP contribution in [0.5, 0.6) is 5.75 Å². The predicted octanol–water partition coefficient (Wildman–Crippen LogP) is 3.45. The zero-order valence-corrected chi connectivity index (χ0v) is 9.05. The lowest BCUT2D eigenvalue weighted by atomic mass is 10.2. The van der Waals surface area contributed by atoms with Crippen molar-refractivity contribution in [2.24, 2.45) is 4.99 Å². The maximum Gasteiger partial charge on any atom is 0.119 e. The van der Waals surface area contributed by atoms with Crippen LogP contribution in [0.4, 0.5) is 5.69 Å². The van der Waals surface area contributed by atoms with E-state index in [0.29, 0.717) is 0 Å². The smallest absolute Gasteiger partial charge is 0.119 e. The van der Waals surface area contributed by atoms with Crippen molar-refractivity contribution in [2.45, 2.75) is 0 Å². The number of hydrogen-bond acceptors (Lipinski definition) is 2. The Bertz CT molecular complexity index is 506. The van der Waals surface area contributed by atoms with Crippen molar-refractivity contribution in [2.75, 3.05) is 7.11 Å². The molecule has 0 saturated carbocycles. The molecule has 0 spiro atoms. The summed E-state index contributed by atoms with van der Waals surface area (Å²) >= 11 is 0. The number of hydrogen-bond donors (Lipinski definition) is 0. The van der Waals surface area contributed by atoms with Crippen molar-refractivity contribution >= 4 is 11.9 Å². The Morgan fingerprint density at radius 3 is 2.38 bits per heavy atom. The predicted molar refractivity (Wildman–Crippen MR) is 66.7 cm³/mol. The average Bonchev–Trinajstić information content (AvgIpc) is 2.40. The lowest BCUT2D eigenvalue weighted by molar-refractivity contribution is 0.415. The number of ether oxygens (including phenoxy) is 1. The van der Waals surface area contributed by atoms with Gasteiger partial charge < -0.3 is 4.74 Å². The number of nitrogens with zero attached hydrogens (tertiary/aromatic N) is 1. The molecule has 0 aromatic heterocycles. The Labute approximate surface area is 96.6 Å². The second kappa shape index (κ2) is 5.12. The van der Waals surface area contributed by atoms with Crippen LogP contribution in [-0.2, 0) is 0 Å². The zero-order chi connectivity index (χ0) is 12.1. The highest BCUT2D eigenvalue weighted by Gasteiger charge is 1.90. The number of methoxy groups -OCH3 is 1. The van der Waals surface area contributed by atoms with Gasteiger partial charge in [0, 0.05) is 6.19 Å². The largest absolute Gasteiger partial charge is 0.497 e. The fourth-order valence-electron chi connectivity index (χ4n) is 1.30. The molecule has 0 unspecified atom stereocenters. The third-order valence-electron chi connectivity index (χ3n) is 2.16. The molecule has 0 N–H and O–H groups in total. The van der Waals surface area contributed by atoms with Gasteiger partial charge in [0.05, 0.1) is 14.2 Å². The van der Waals surface area contributed by atoms with Crippen LogP contribution in [0.3, 0.4) is 0 Å². The summed E-state index contributed by atoms with van der Waals surface area (Å²) in [6.45, 7) is 0. The van der Waals surface area contributed by atoms with E-state index in [4.69, 9.17) is 6.11 Å². The lowest BCUT2D eigenvalue weighted by Crippen LogP contribution is -1.81. The fourth-order valence-corrected chi connectivity index (χ4v) is 1.30. The SMILES string of the molecule is [2H]C(=Nc1ccc(OC)cc1)c1ccccc1. The van der Waals surface area contributed by atoms with Gasteiger partial charge in [0.15, 0.2) is 0 Å². The first-order valence-corrected chi connectivity index (χ1v) is 5.04. The van der Waals surface area contributed by atoms with Crippen molar-refractivity contribution in [3.8, 4) is 5.75 Å². The molecule has 16 heavy (non-hydrogen) atoms. The molecule has 0 amide bonds. The van der Waals surface area contributed by atoms with Crippen LogP contribution in [-0.4, -0.2) is 13.3 Å². The van der Waals surface area contributed by atoms with Crippen LogP contribution in [0.15, 0.2) is 59.6 Å². The number of aliphatic imine (C=N–C) groups is 1. The molecule has 80 valence electrons. The Morgan fingerprint density at radius 1 is 1.06 bits per heavy atom. The summed E-state index contributed by atoms with van der Waals surface area (Å²) in [6.07, 6.45) is 0.260. The minimum Gasteiger partial charge on any atom is -0.497 e. The van der Waals surface area contributed by atoms with E-state index in [9.17, 15) is 0 Å². The first kappa shape index (κ1) is 9.16. The van der Waals surface area contributed by atoms with Gasteiger partial charge in [0.1, 0.15) is 5.75 Å². The van der Waals surface area contributed by atoms with Gasteiger partial charge >= 0.3 is 0 Å². The van der Waals surface area contributed by atoms with Gasteiger partial charge in [0.25, 0.3) is 0 Å². The first-order valence-electron chi connectivity index (χ1n) is 5.54. The van der Waals surface area contributed by atoms with Crippen molar-refractivity contribution in [3.63, 3.8) is 0 Å².